The molecule has 1 amide bonds. The third-order valence-electron chi connectivity index (χ3n) is 4.40. The van der Waals surface area contributed by atoms with Gasteiger partial charge in [0.15, 0.2) is 0 Å². The van der Waals surface area contributed by atoms with E-state index in [4.69, 9.17) is 15.2 Å². The van der Waals surface area contributed by atoms with Crippen molar-refractivity contribution in [1.82, 2.24) is 5.32 Å². The highest BCUT2D eigenvalue weighted by atomic mass is 16.5. The minimum absolute atomic E-state index is 0.0194. The number of nitrogens with one attached hydrogen (secondary N) is 1. The van der Waals surface area contributed by atoms with Crippen molar-refractivity contribution < 1.29 is 14.3 Å². The van der Waals surface area contributed by atoms with Gasteiger partial charge in [0, 0.05) is 19.8 Å². The van der Waals surface area contributed by atoms with Gasteiger partial charge in [-0.3, -0.25) is 4.79 Å². The second-order valence-electron chi connectivity index (χ2n) is 6.53. The van der Waals surface area contributed by atoms with E-state index in [0.29, 0.717) is 32.6 Å². The van der Waals surface area contributed by atoms with Crippen molar-refractivity contribution in [3.8, 4) is 5.75 Å². The van der Waals surface area contributed by atoms with Gasteiger partial charge in [-0.05, 0) is 51.3 Å². The molecule has 128 valence electrons. The zero-order valence-corrected chi connectivity index (χ0v) is 14.3. The molecule has 5 nitrogen and oxygen atoms in total. The molecule has 3 N–H and O–H groups in total. The summed E-state index contributed by atoms with van der Waals surface area (Å²) >= 11 is 0. The van der Waals surface area contributed by atoms with E-state index in [9.17, 15) is 4.79 Å². The molecule has 1 heterocycles. The van der Waals surface area contributed by atoms with Crippen molar-refractivity contribution in [3.05, 3.63) is 29.8 Å². The van der Waals surface area contributed by atoms with Crippen LogP contribution in [0.1, 0.15) is 45.2 Å². The molecule has 1 unspecified atom stereocenters. The van der Waals surface area contributed by atoms with Crippen LogP contribution in [0.15, 0.2) is 24.3 Å². The predicted octanol–water partition coefficient (Wildman–Crippen LogP) is 2.41. The molecule has 1 aliphatic rings. The third-order valence-corrected chi connectivity index (χ3v) is 4.40. The lowest BCUT2D eigenvalue weighted by atomic mass is 9.79. The van der Waals surface area contributed by atoms with Gasteiger partial charge in [0.05, 0.1) is 17.6 Å². The fourth-order valence-corrected chi connectivity index (χ4v) is 2.85. The van der Waals surface area contributed by atoms with E-state index in [1.165, 1.54) is 0 Å². The Bertz CT molecular complexity index is 525. The largest absolute Gasteiger partial charge is 0.491 e. The molecule has 0 aliphatic carbocycles. The molecule has 0 radical (unpaired) electrons. The zero-order chi connectivity index (χ0) is 16.9. The van der Waals surface area contributed by atoms with Crippen LogP contribution in [0.3, 0.4) is 0 Å². The Labute approximate surface area is 138 Å². The molecule has 1 aliphatic heterocycles. The summed E-state index contributed by atoms with van der Waals surface area (Å²) in [6.45, 7) is 7.51. The highest BCUT2D eigenvalue weighted by Gasteiger charge is 2.39. The van der Waals surface area contributed by atoms with Crippen molar-refractivity contribution in [2.75, 3.05) is 19.8 Å². The molecule has 1 fully saturated rings. The lowest BCUT2D eigenvalue weighted by Crippen LogP contribution is -2.49. The Morgan fingerprint density at radius 2 is 2.04 bits per heavy atom. The number of benzene rings is 1. The molecule has 2 rings (SSSR count). The van der Waals surface area contributed by atoms with Crippen molar-refractivity contribution >= 4 is 5.91 Å². The first-order valence-electron chi connectivity index (χ1n) is 8.32. The molecular weight excluding hydrogens is 292 g/mol. The molecule has 1 aromatic carbocycles. The van der Waals surface area contributed by atoms with Crippen LogP contribution in [0.2, 0.25) is 0 Å². The number of ether oxygens (including phenoxy) is 2. The van der Waals surface area contributed by atoms with Gasteiger partial charge in [0.2, 0.25) is 5.91 Å². The van der Waals surface area contributed by atoms with Crippen LogP contribution in [-0.2, 0) is 9.53 Å². The maximum Gasteiger partial charge on any atom is 0.228 e. The highest BCUT2D eigenvalue weighted by molar-refractivity contribution is 5.83. The summed E-state index contributed by atoms with van der Waals surface area (Å²) in [5.74, 6) is 0.837. The molecule has 1 saturated heterocycles. The number of nitrogens with two attached hydrogens (primary N) is 1. The van der Waals surface area contributed by atoms with Gasteiger partial charge in [-0.2, -0.15) is 0 Å². The molecule has 1 aromatic rings. The summed E-state index contributed by atoms with van der Waals surface area (Å²) in [7, 11) is 0. The SMILES string of the molecule is CC(C)Oc1cccc(C(C)NC(=O)C2(CN)CCOCC2)c1. The molecule has 1 atom stereocenters. The first-order valence-corrected chi connectivity index (χ1v) is 8.32. The van der Waals surface area contributed by atoms with Gasteiger partial charge in [0.1, 0.15) is 5.75 Å². The van der Waals surface area contributed by atoms with Gasteiger partial charge in [0.25, 0.3) is 0 Å². The van der Waals surface area contributed by atoms with Crippen molar-refractivity contribution in [1.29, 1.82) is 0 Å². The van der Waals surface area contributed by atoms with E-state index in [1.54, 1.807) is 0 Å². The Balaban J connectivity index is 2.05. The van der Waals surface area contributed by atoms with Crippen LogP contribution in [0, 0.1) is 5.41 Å². The number of amides is 1. The fourth-order valence-electron chi connectivity index (χ4n) is 2.85. The molecule has 0 saturated carbocycles. The van der Waals surface area contributed by atoms with Crippen LogP contribution < -0.4 is 15.8 Å². The molecule has 0 spiro atoms. The topological polar surface area (TPSA) is 73.6 Å². The first kappa shape index (κ1) is 17.8. The van der Waals surface area contributed by atoms with Crippen LogP contribution >= 0.6 is 0 Å². The van der Waals surface area contributed by atoms with Crippen molar-refractivity contribution in [2.45, 2.75) is 45.8 Å². The number of hydrogen-bond acceptors (Lipinski definition) is 4. The molecule has 0 bridgehead atoms. The summed E-state index contributed by atoms with van der Waals surface area (Å²) in [4.78, 5) is 12.7. The average molecular weight is 320 g/mol. The Hall–Kier alpha value is -1.59. The summed E-state index contributed by atoms with van der Waals surface area (Å²) in [6, 6.07) is 7.76. The van der Waals surface area contributed by atoms with Crippen molar-refractivity contribution in [2.24, 2.45) is 11.1 Å². The first-order chi connectivity index (χ1) is 11.0. The quantitative estimate of drug-likeness (QED) is 0.844. The minimum atomic E-state index is -0.501. The molecular formula is C18H28N2O3. The lowest BCUT2D eigenvalue weighted by molar-refractivity contribution is -0.136. The van der Waals surface area contributed by atoms with Crippen LogP contribution in [0.25, 0.3) is 0 Å². The normalized spacial score (nSPS) is 18.5. The van der Waals surface area contributed by atoms with E-state index >= 15 is 0 Å². The van der Waals surface area contributed by atoms with Gasteiger partial charge in [-0.15, -0.1) is 0 Å². The smallest absolute Gasteiger partial charge is 0.228 e. The van der Waals surface area contributed by atoms with E-state index in [0.717, 1.165) is 11.3 Å². The Morgan fingerprint density at radius 1 is 1.35 bits per heavy atom. The van der Waals surface area contributed by atoms with Gasteiger partial charge in [-0.1, -0.05) is 12.1 Å². The van der Waals surface area contributed by atoms with E-state index in [1.807, 2.05) is 45.0 Å². The maximum atomic E-state index is 12.7. The summed E-state index contributed by atoms with van der Waals surface area (Å²) in [5.41, 5.74) is 6.42. The standard InChI is InChI=1S/C18H28N2O3/c1-13(2)23-16-6-4-5-15(11-16)14(3)20-17(21)18(12-19)7-9-22-10-8-18/h4-6,11,13-14H,7-10,12,19H2,1-3H3,(H,20,21). The van der Waals surface area contributed by atoms with E-state index in [2.05, 4.69) is 5.32 Å². The number of hydrogen-bond donors (Lipinski definition) is 2. The Kier molecular flexibility index (Phi) is 6.02. The zero-order valence-electron chi connectivity index (χ0n) is 14.3. The summed E-state index contributed by atoms with van der Waals surface area (Å²) < 4.78 is 11.1. The third kappa shape index (κ3) is 4.45. The highest BCUT2D eigenvalue weighted by Crippen LogP contribution is 2.31. The van der Waals surface area contributed by atoms with Crippen LogP contribution in [0.5, 0.6) is 5.75 Å². The molecule has 23 heavy (non-hydrogen) atoms. The van der Waals surface area contributed by atoms with Gasteiger partial charge < -0.3 is 20.5 Å². The number of carbonyl (C=O) groups excluding carboxylic acids is 1. The average Bonchev–Trinajstić information content (AvgIpc) is 2.55. The second-order valence-corrected chi connectivity index (χ2v) is 6.53. The Morgan fingerprint density at radius 3 is 2.65 bits per heavy atom. The predicted molar refractivity (Wildman–Crippen MR) is 90.3 cm³/mol. The molecule has 5 heteroatoms. The van der Waals surface area contributed by atoms with Gasteiger partial charge in [-0.25, -0.2) is 0 Å². The molecule has 0 aromatic heterocycles. The lowest BCUT2D eigenvalue weighted by Gasteiger charge is -2.35. The number of carbonyl (C=O) groups is 1. The van der Waals surface area contributed by atoms with Gasteiger partial charge >= 0.3 is 0 Å². The van der Waals surface area contributed by atoms with E-state index < -0.39 is 5.41 Å². The monoisotopic (exact) mass is 320 g/mol. The summed E-state index contributed by atoms with van der Waals surface area (Å²) in [5, 5.41) is 3.11. The number of rotatable bonds is 6. The van der Waals surface area contributed by atoms with Crippen LogP contribution in [0.4, 0.5) is 0 Å². The fraction of sp³-hybridized carbons (Fsp3) is 0.611. The van der Waals surface area contributed by atoms with Crippen molar-refractivity contribution in [3.63, 3.8) is 0 Å². The summed E-state index contributed by atoms with van der Waals surface area (Å²) in [6.07, 6.45) is 1.48. The minimum Gasteiger partial charge on any atom is -0.491 e. The van der Waals surface area contributed by atoms with Crippen LogP contribution in [-0.4, -0.2) is 31.8 Å². The van der Waals surface area contributed by atoms with E-state index in [-0.39, 0.29) is 18.1 Å². The second kappa shape index (κ2) is 7.79. The maximum absolute atomic E-state index is 12.7.